The number of hydrogen-bond acceptors (Lipinski definition) is 12. The largest absolute Gasteiger partial charge is 0.490 e. The van der Waals surface area contributed by atoms with Gasteiger partial charge in [-0.1, -0.05) is 103 Å². The van der Waals surface area contributed by atoms with E-state index in [2.05, 4.69) is 15.0 Å². The molecule has 0 saturated heterocycles. The van der Waals surface area contributed by atoms with Gasteiger partial charge in [-0.25, -0.2) is 29.9 Å². The van der Waals surface area contributed by atoms with E-state index in [9.17, 15) is 0 Å². The molecule has 63 heavy (non-hydrogen) atoms. The van der Waals surface area contributed by atoms with E-state index in [1.54, 1.807) is 6.20 Å². The molecule has 0 unspecified atom stereocenters. The second kappa shape index (κ2) is 17.0. The summed E-state index contributed by atoms with van der Waals surface area (Å²) >= 11 is 0. The first kappa shape index (κ1) is 38.3. The first-order valence-electron chi connectivity index (χ1n) is 20.8. The van der Waals surface area contributed by atoms with Crippen molar-refractivity contribution in [1.82, 2.24) is 44.9 Å². The van der Waals surface area contributed by atoms with E-state index in [1.165, 1.54) is 0 Å². The highest BCUT2D eigenvalue weighted by molar-refractivity contribution is 6.06. The third-order valence-corrected chi connectivity index (χ3v) is 10.9. The van der Waals surface area contributed by atoms with E-state index in [-0.39, 0.29) is 0 Å². The number of rotatable bonds is 14. The standard InChI is InChI=1S/C49H39N9O5/c1-2-13-32-31(12-1)42-51-43(32)53-45-35-16-5-6-17-36(35)47(55-45)57-49-40-37(48(58-49)56-46-34-15-4-3-14-33(34)44(52-42)54-46)18-8-19-38(40)62-28-26-60-24-22-59-23-25-61-27-29-63-39-20-7-10-30-11-9-21-50-41(30)39/h1-21H,22-29H2,(H2,51,52,53,54,55,56,57,58). The second-order valence-corrected chi connectivity index (χ2v) is 14.8. The molecule has 2 aliphatic heterocycles. The van der Waals surface area contributed by atoms with E-state index in [4.69, 9.17) is 53.6 Å². The summed E-state index contributed by atoms with van der Waals surface area (Å²) in [6.07, 6.45) is 1.76. The number of aromatic nitrogens is 9. The van der Waals surface area contributed by atoms with Gasteiger partial charge < -0.3 is 33.7 Å². The topological polar surface area (TPSA) is 168 Å². The SMILES string of the molecule is c1ccc2c(c1)-c1nc-2nc2[nH]c(nc3nc(nc4[nH]c(n1)c1ccccc41)-c1cccc(OCCOCCOCCOCCOc4cccc5cccnc45)c1-3)c1ccccc21. The number of benzene rings is 5. The van der Waals surface area contributed by atoms with Gasteiger partial charge in [0.15, 0.2) is 23.3 Å². The van der Waals surface area contributed by atoms with Gasteiger partial charge in [-0.05, 0) is 18.2 Å². The lowest BCUT2D eigenvalue weighted by Crippen LogP contribution is -2.14. The molecule has 6 heterocycles. The number of ether oxygens (including phenoxy) is 5. The van der Waals surface area contributed by atoms with Crippen LogP contribution in [-0.4, -0.2) is 97.7 Å². The number of nitrogens with one attached hydrogen (secondary N) is 2. The van der Waals surface area contributed by atoms with Crippen LogP contribution in [0.2, 0.25) is 0 Å². The third kappa shape index (κ3) is 7.56. The van der Waals surface area contributed by atoms with Crippen LogP contribution in [0.15, 0.2) is 128 Å². The fourth-order valence-corrected chi connectivity index (χ4v) is 7.93. The molecule has 2 aliphatic rings. The molecule has 0 aliphatic carbocycles. The molecular weight excluding hydrogens is 795 g/mol. The van der Waals surface area contributed by atoms with Gasteiger partial charge in [-0.15, -0.1) is 0 Å². The molecule has 0 fully saturated rings. The van der Waals surface area contributed by atoms with Crippen molar-refractivity contribution in [3.63, 3.8) is 0 Å². The number of H-pyrrole nitrogens is 2. The summed E-state index contributed by atoms with van der Waals surface area (Å²) in [5, 5.41) is 4.64. The average Bonchev–Trinajstić information content (AvgIpc) is 4.07. The Bertz CT molecular complexity index is 3320. The maximum atomic E-state index is 6.38. The van der Waals surface area contributed by atoms with Gasteiger partial charge in [-0.3, -0.25) is 4.98 Å². The summed E-state index contributed by atoms with van der Waals surface area (Å²) in [5.74, 6) is 3.43. The van der Waals surface area contributed by atoms with Crippen LogP contribution in [0.4, 0.5) is 0 Å². The number of hydrogen-bond donors (Lipinski definition) is 2. The lowest BCUT2D eigenvalue weighted by atomic mass is 10.1. The first-order chi connectivity index (χ1) is 31.2. The summed E-state index contributed by atoms with van der Waals surface area (Å²) in [5.41, 5.74) is 6.64. The Hall–Kier alpha value is -7.65. The van der Waals surface area contributed by atoms with Crippen molar-refractivity contribution >= 4 is 55.0 Å². The fraction of sp³-hybridized carbons (Fsp3) is 0.163. The highest BCUT2D eigenvalue weighted by Crippen LogP contribution is 2.41. The lowest BCUT2D eigenvalue weighted by molar-refractivity contribution is 0.00507. The Labute approximate surface area is 360 Å². The molecule has 14 nitrogen and oxygen atoms in total. The van der Waals surface area contributed by atoms with Gasteiger partial charge >= 0.3 is 0 Å². The third-order valence-electron chi connectivity index (χ3n) is 10.9. The Kier molecular flexibility index (Phi) is 10.3. The molecule has 9 aromatic rings. The van der Waals surface area contributed by atoms with Crippen LogP contribution in [0.3, 0.4) is 0 Å². The molecule has 0 saturated carbocycles. The number of nitrogens with zero attached hydrogens (tertiary/aromatic N) is 7. The van der Waals surface area contributed by atoms with Gasteiger partial charge in [0.1, 0.15) is 52.8 Å². The minimum atomic E-state index is 0.300. The normalized spacial score (nSPS) is 11.9. The van der Waals surface area contributed by atoms with Crippen LogP contribution < -0.4 is 9.47 Å². The Balaban J connectivity index is 0.812. The number of fused-ring (bicyclic) bond motifs is 21. The van der Waals surface area contributed by atoms with Crippen LogP contribution >= 0.6 is 0 Å². The van der Waals surface area contributed by atoms with Gasteiger partial charge in [0.05, 0.1) is 45.2 Å². The zero-order chi connectivity index (χ0) is 42.0. The second-order valence-electron chi connectivity index (χ2n) is 14.8. The van der Waals surface area contributed by atoms with Crippen molar-refractivity contribution in [2.45, 2.75) is 0 Å². The predicted molar refractivity (Wildman–Crippen MR) is 241 cm³/mol. The molecule has 0 radical (unpaired) electrons. The number of aromatic amines is 2. The Morgan fingerprint density at radius 3 is 1.38 bits per heavy atom. The quantitative estimate of drug-likeness (QED) is 0.100. The minimum absolute atomic E-state index is 0.300. The zero-order valence-corrected chi connectivity index (χ0v) is 34.0. The van der Waals surface area contributed by atoms with Crippen molar-refractivity contribution < 1.29 is 23.7 Å². The van der Waals surface area contributed by atoms with Crippen LogP contribution in [0.1, 0.15) is 0 Å². The van der Waals surface area contributed by atoms with Crippen LogP contribution in [-0.2, 0) is 14.2 Å². The molecule has 14 heteroatoms. The maximum Gasteiger partial charge on any atom is 0.168 e. The molecule has 0 spiro atoms. The zero-order valence-electron chi connectivity index (χ0n) is 34.0. The first-order valence-corrected chi connectivity index (χ1v) is 20.8. The molecule has 11 rings (SSSR count). The highest BCUT2D eigenvalue weighted by Gasteiger charge is 2.25. The molecule has 4 aromatic heterocycles. The predicted octanol–water partition coefficient (Wildman–Crippen LogP) is 8.93. The molecule has 0 atom stereocenters. The molecule has 2 N–H and O–H groups in total. The monoisotopic (exact) mass is 833 g/mol. The Morgan fingerprint density at radius 2 is 0.794 bits per heavy atom. The smallest absolute Gasteiger partial charge is 0.168 e. The minimum Gasteiger partial charge on any atom is -0.490 e. The highest BCUT2D eigenvalue weighted by atomic mass is 16.6. The van der Waals surface area contributed by atoms with Crippen molar-refractivity contribution in [1.29, 1.82) is 0 Å². The molecule has 310 valence electrons. The van der Waals surface area contributed by atoms with E-state index >= 15 is 0 Å². The van der Waals surface area contributed by atoms with E-state index in [0.29, 0.717) is 104 Å². The Morgan fingerprint density at radius 1 is 0.365 bits per heavy atom. The van der Waals surface area contributed by atoms with Crippen molar-refractivity contribution in [3.8, 4) is 57.1 Å². The summed E-state index contributed by atoms with van der Waals surface area (Å²) in [6, 6.07) is 39.7. The van der Waals surface area contributed by atoms with Crippen LogP contribution in [0, 0.1) is 0 Å². The average molecular weight is 834 g/mol. The molecule has 5 aromatic carbocycles. The molecule has 8 bridgehead atoms. The molecular formula is C49H39N9O5. The van der Waals surface area contributed by atoms with Gasteiger partial charge in [0, 0.05) is 49.8 Å². The van der Waals surface area contributed by atoms with Crippen molar-refractivity contribution in [2.75, 3.05) is 52.9 Å². The summed E-state index contributed by atoms with van der Waals surface area (Å²) in [6.45, 7) is 3.26. The maximum absolute atomic E-state index is 6.38. The van der Waals surface area contributed by atoms with E-state index in [0.717, 1.165) is 60.5 Å². The van der Waals surface area contributed by atoms with Crippen LogP contribution in [0.5, 0.6) is 11.5 Å². The van der Waals surface area contributed by atoms with Crippen LogP contribution in [0.25, 0.3) is 101 Å². The molecule has 0 amide bonds. The number of para-hydroxylation sites is 1. The summed E-state index contributed by atoms with van der Waals surface area (Å²) in [7, 11) is 0. The number of pyridine rings is 1. The van der Waals surface area contributed by atoms with Crippen molar-refractivity contribution in [3.05, 3.63) is 128 Å². The fourth-order valence-electron chi connectivity index (χ4n) is 7.93. The van der Waals surface area contributed by atoms with Gasteiger partial charge in [0.25, 0.3) is 0 Å². The van der Waals surface area contributed by atoms with Gasteiger partial charge in [-0.2, -0.15) is 0 Å². The lowest BCUT2D eigenvalue weighted by Gasteiger charge is -2.11. The van der Waals surface area contributed by atoms with Gasteiger partial charge in [0.2, 0.25) is 0 Å². The summed E-state index contributed by atoms with van der Waals surface area (Å²) in [4.78, 5) is 41.9. The summed E-state index contributed by atoms with van der Waals surface area (Å²) < 4.78 is 29.6. The van der Waals surface area contributed by atoms with Crippen molar-refractivity contribution in [2.24, 2.45) is 0 Å². The van der Waals surface area contributed by atoms with E-state index in [1.807, 2.05) is 121 Å². The van der Waals surface area contributed by atoms with E-state index < -0.39 is 0 Å².